The fourth-order valence-electron chi connectivity index (χ4n) is 2.43. The zero-order valence-corrected chi connectivity index (χ0v) is 18.8. The Labute approximate surface area is 163 Å². The highest BCUT2D eigenvalue weighted by Gasteiger charge is 2.14. The van der Waals surface area contributed by atoms with Gasteiger partial charge in [0.05, 0.1) is 0 Å². The van der Waals surface area contributed by atoms with Crippen LogP contribution < -0.4 is 0 Å². The number of likely N-dealkylation sites (N-methyl/N-ethyl adjacent to an activating group) is 1. The summed E-state index contributed by atoms with van der Waals surface area (Å²) >= 11 is 0. The van der Waals surface area contributed by atoms with E-state index in [1.165, 1.54) is 22.3 Å². The molecule has 0 amide bonds. The third-order valence-electron chi connectivity index (χ3n) is 3.92. The smallest absolute Gasteiger partial charge is 0.0279 e. The summed E-state index contributed by atoms with van der Waals surface area (Å²) in [5.41, 5.74) is 5.30. The number of hydrogen-bond acceptors (Lipinski definition) is 1. The van der Waals surface area contributed by atoms with Crippen molar-refractivity contribution in [2.75, 3.05) is 14.1 Å². The second-order valence-corrected chi connectivity index (χ2v) is 5.43. The summed E-state index contributed by atoms with van der Waals surface area (Å²) in [6.07, 6.45) is 0. The first-order valence-electron chi connectivity index (χ1n) is 10.1. The molecule has 0 spiro atoms. The lowest BCUT2D eigenvalue weighted by Crippen LogP contribution is -2.26. The maximum atomic E-state index is 2.25. The number of rotatable bonds is 4. The molecule has 0 saturated heterocycles. The summed E-state index contributed by atoms with van der Waals surface area (Å²) in [4.78, 5) is 2.25. The number of nitrogens with zero attached hydrogens (tertiary/aromatic N) is 1. The van der Waals surface area contributed by atoms with E-state index in [0.29, 0.717) is 6.04 Å². The first kappa shape index (κ1) is 26.4. The van der Waals surface area contributed by atoms with Crippen LogP contribution in [0, 0.1) is 0 Å². The number of hydrogen-bond donors (Lipinski definition) is 0. The van der Waals surface area contributed by atoms with Crippen LogP contribution in [-0.4, -0.2) is 25.0 Å². The molecule has 2 aromatic rings. The highest BCUT2D eigenvalue weighted by atomic mass is 15.1. The third kappa shape index (κ3) is 8.49. The summed E-state index contributed by atoms with van der Waals surface area (Å²) in [7, 11) is 4.25. The monoisotopic (exact) mass is 355 g/mol. The van der Waals surface area contributed by atoms with Crippen LogP contribution in [0.25, 0.3) is 5.57 Å². The van der Waals surface area contributed by atoms with E-state index in [1.54, 1.807) is 0 Å². The molecule has 26 heavy (non-hydrogen) atoms. The lowest BCUT2D eigenvalue weighted by Gasteiger charge is -2.24. The van der Waals surface area contributed by atoms with Crippen molar-refractivity contribution in [3.05, 3.63) is 77.4 Å². The predicted octanol–water partition coefficient (Wildman–Crippen LogP) is 7.54. The molecule has 0 radical (unpaired) electrons. The Hall–Kier alpha value is -1.86. The lowest BCUT2D eigenvalue weighted by molar-refractivity contribution is 0.351. The average molecular weight is 356 g/mol. The van der Waals surface area contributed by atoms with Gasteiger partial charge in [-0.3, -0.25) is 0 Å². The zero-order chi connectivity index (χ0) is 20.5. The minimum absolute atomic E-state index is 0.408. The fourth-order valence-corrected chi connectivity index (χ4v) is 2.43. The van der Waals surface area contributed by atoms with Gasteiger partial charge in [-0.1, -0.05) is 102 Å². The summed E-state index contributed by atoms with van der Waals surface area (Å²) < 4.78 is 0. The molecule has 0 aliphatic heterocycles. The normalized spacial score (nSPS) is 10.1. The van der Waals surface area contributed by atoms with E-state index in [9.17, 15) is 0 Å². The summed E-state index contributed by atoms with van der Waals surface area (Å²) in [5, 5.41) is 0. The highest BCUT2D eigenvalue weighted by molar-refractivity contribution is 5.82. The van der Waals surface area contributed by atoms with Crippen LogP contribution in [0.1, 0.15) is 66.5 Å². The minimum atomic E-state index is 0.408. The Morgan fingerprint density at radius 2 is 0.962 bits per heavy atom. The van der Waals surface area contributed by atoms with Crippen molar-refractivity contribution >= 4 is 5.57 Å². The largest absolute Gasteiger partial charge is 0.303 e. The molecule has 0 N–H and O–H groups in total. The molecule has 1 atom stereocenters. The molecule has 1 unspecified atom stereocenters. The molecule has 0 aliphatic rings. The average Bonchev–Trinajstić information content (AvgIpc) is 2.73. The van der Waals surface area contributed by atoms with Crippen LogP contribution in [0.4, 0.5) is 0 Å². The Kier molecular flexibility index (Phi) is 16.8. The summed E-state index contributed by atoms with van der Waals surface area (Å²) in [6, 6.07) is 21.7. The molecular formula is C25H41N. The van der Waals surface area contributed by atoms with Gasteiger partial charge in [-0.15, -0.1) is 0 Å². The van der Waals surface area contributed by atoms with Gasteiger partial charge in [-0.25, -0.2) is 0 Å². The molecule has 0 saturated carbocycles. The second-order valence-electron chi connectivity index (χ2n) is 5.43. The molecular weight excluding hydrogens is 314 g/mol. The van der Waals surface area contributed by atoms with Crippen LogP contribution in [0.3, 0.4) is 0 Å². The van der Waals surface area contributed by atoms with Crippen molar-refractivity contribution in [1.82, 2.24) is 4.90 Å². The van der Waals surface area contributed by atoms with Crippen LogP contribution in [0.2, 0.25) is 0 Å². The zero-order valence-electron chi connectivity index (χ0n) is 18.8. The summed E-state index contributed by atoms with van der Waals surface area (Å²) in [5.74, 6) is 0. The van der Waals surface area contributed by atoms with Gasteiger partial charge in [-0.05, 0) is 50.2 Å². The predicted molar refractivity (Wildman–Crippen MR) is 122 cm³/mol. The number of benzene rings is 2. The first-order chi connectivity index (χ1) is 12.6. The molecule has 0 aliphatic carbocycles. The molecule has 0 bridgehead atoms. The molecule has 146 valence electrons. The van der Waals surface area contributed by atoms with Crippen molar-refractivity contribution in [3.8, 4) is 0 Å². The van der Waals surface area contributed by atoms with Gasteiger partial charge in [0.2, 0.25) is 0 Å². The third-order valence-corrected chi connectivity index (χ3v) is 3.92. The molecule has 2 rings (SSSR count). The van der Waals surface area contributed by atoms with Gasteiger partial charge in [0.15, 0.2) is 0 Å². The van der Waals surface area contributed by atoms with Gasteiger partial charge >= 0.3 is 0 Å². The molecule has 2 aromatic carbocycles. The molecule has 0 heterocycles. The van der Waals surface area contributed by atoms with E-state index < -0.39 is 0 Å². The van der Waals surface area contributed by atoms with E-state index in [2.05, 4.69) is 93.5 Å². The molecule has 0 aromatic heterocycles. The Balaban J connectivity index is 0. The van der Waals surface area contributed by atoms with Crippen molar-refractivity contribution in [2.45, 2.75) is 61.4 Å². The van der Waals surface area contributed by atoms with Crippen molar-refractivity contribution in [1.29, 1.82) is 0 Å². The van der Waals surface area contributed by atoms with E-state index in [1.807, 2.05) is 41.5 Å². The van der Waals surface area contributed by atoms with Crippen LogP contribution in [-0.2, 0) is 0 Å². The fraction of sp³-hybridized carbons (Fsp3) is 0.440. The minimum Gasteiger partial charge on any atom is -0.303 e. The first-order valence-corrected chi connectivity index (χ1v) is 10.1. The van der Waals surface area contributed by atoms with Crippen LogP contribution in [0.15, 0.2) is 66.2 Å². The lowest BCUT2D eigenvalue weighted by atomic mass is 9.90. The standard InChI is InChI=1S/C19H23N.3C2H6/c1-15(16(2)20(3)4)19(17-11-7-5-8-12-17)18-13-9-6-10-14-18;3*1-2/h5-14,16H,1-4H3;3*1-2H3. The maximum absolute atomic E-state index is 2.25. The van der Waals surface area contributed by atoms with E-state index in [-0.39, 0.29) is 0 Å². The second kappa shape index (κ2) is 16.6. The van der Waals surface area contributed by atoms with Gasteiger partial charge in [0.25, 0.3) is 0 Å². The molecule has 0 fully saturated rings. The quantitative estimate of drug-likeness (QED) is 0.547. The van der Waals surface area contributed by atoms with Crippen LogP contribution >= 0.6 is 0 Å². The van der Waals surface area contributed by atoms with Crippen molar-refractivity contribution < 1.29 is 0 Å². The van der Waals surface area contributed by atoms with E-state index >= 15 is 0 Å². The molecule has 1 nitrogen and oxygen atoms in total. The highest BCUT2D eigenvalue weighted by Crippen LogP contribution is 2.29. The SMILES string of the molecule is CC.CC.CC.CC(=C(c1ccccc1)c1ccccc1)C(C)N(C)C. The van der Waals surface area contributed by atoms with Gasteiger partial charge in [0, 0.05) is 6.04 Å². The van der Waals surface area contributed by atoms with Crippen molar-refractivity contribution in [2.24, 2.45) is 0 Å². The Morgan fingerprint density at radius 1 is 0.654 bits per heavy atom. The van der Waals surface area contributed by atoms with Crippen molar-refractivity contribution in [3.63, 3.8) is 0 Å². The maximum Gasteiger partial charge on any atom is 0.0279 e. The van der Waals surface area contributed by atoms with Crippen LogP contribution in [0.5, 0.6) is 0 Å². The van der Waals surface area contributed by atoms with Gasteiger partial charge in [0.1, 0.15) is 0 Å². The van der Waals surface area contributed by atoms with Gasteiger partial charge in [-0.2, -0.15) is 0 Å². The van der Waals surface area contributed by atoms with Gasteiger partial charge < -0.3 is 4.90 Å². The van der Waals surface area contributed by atoms with E-state index in [0.717, 1.165) is 0 Å². The van der Waals surface area contributed by atoms with E-state index in [4.69, 9.17) is 0 Å². The Morgan fingerprint density at radius 3 is 1.23 bits per heavy atom. The topological polar surface area (TPSA) is 3.24 Å². The Bertz CT molecular complexity index is 526. The molecule has 1 heteroatoms. The summed E-state index contributed by atoms with van der Waals surface area (Å²) in [6.45, 7) is 16.5.